The summed E-state index contributed by atoms with van der Waals surface area (Å²) in [6, 6.07) is 10.1. The Labute approximate surface area is 123 Å². The molecule has 3 nitrogen and oxygen atoms in total. The number of piperidine rings is 1. The van der Waals surface area contributed by atoms with E-state index >= 15 is 0 Å². The average molecular weight is 273 g/mol. The van der Waals surface area contributed by atoms with Crippen molar-refractivity contribution in [3.05, 3.63) is 29.8 Å². The fourth-order valence-electron chi connectivity index (χ4n) is 3.65. The molecule has 1 atom stereocenters. The third-order valence-corrected chi connectivity index (χ3v) is 5.16. The van der Waals surface area contributed by atoms with Gasteiger partial charge in [0.05, 0.1) is 0 Å². The van der Waals surface area contributed by atoms with Gasteiger partial charge in [0.1, 0.15) is 0 Å². The Kier molecular flexibility index (Phi) is 4.27. The smallest absolute Gasteiger partial charge is 0.0373 e. The maximum absolute atomic E-state index is 3.60. The predicted octanol–water partition coefficient (Wildman–Crippen LogP) is 2.44. The van der Waals surface area contributed by atoms with Crippen LogP contribution in [0.2, 0.25) is 0 Å². The van der Waals surface area contributed by atoms with Crippen LogP contribution in [0.5, 0.6) is 0 Å². The van der Waals surface area contributed by atoms with Crippen molar-refractivity contribution in [2.45, 2.75) is 38.3 Å². The van der Waals surface area contributed by atoms with Gasteiger partial charge in [-0.25, -0.2) is 0 Å². The number of likely N-dealkylation sites (N-methyl/N-ethyl adjacent to an activating group) is 1. The molecule has 2 aliphatic rings. The van der Waals surface area contributed by atoms with E-state index in [-0.39, 0.29) is 0 Å². The number of hydrogen-bond acceptors (Lipinski definition) is 3. The minimum absolute atomic E-state index is 0.642. The fourth-order valence-corrected chi connectivity index (χ4v) is 3.65. The third-order valence-electron chi connectivity index (χ3n) is 5.16. The van der Waals surface area contributed by atoms with Crippen molar-refractivity contribution < 1.29 is 0 Å². The summed E-state index contributed by atoms with van der Waals surface area (Å²) in [5.41, 5.74) is 2.81. The quantitative estimate of drug-likeness (QED) is 0.912. The van der Waals surface area contributed by atoms with Crippen LogP contribution in [0.3, 0.4) is 0 Å². The first-order valence-electron chi connectivity index (χ1n) is 8.04. The highest BCUT2D eigenvalue weighted by molar-refractivity contribution is 5.53. The zero-order valence-electron chi connectivity index (χ0n) is 12.8. The minimum atomic E-state index is 0.642. The maximum Gasteiger partial charge on any atom is 0.0373 e. The summed E-state index contributed by atoms with van der Waals surface area (Å²) >= 11 is 0. The maximum atomic E-state index is 3.60. The Morgan fingerprint density at radius 2 is 1.95 bits per heavy atom. The van der Waals surface area contributed by atoms with Gasteiger partial charge in [-0.05, 0) is 57.6 Å². The molecule has 1 unspecified atom stereocenters. The Balaban J connectivity index is 1.60. The molecule has 2 heterocycles. The number of nitrogens with zero attached hydrogens (tertiary/aromatic N) is 2. The van der Waals surface area contributed by atoms with Crippen LogP contribution >= 0.6 is 0 Å². The second-order valence-electron chi connectivity index (χ2n) is 6.23. The average Bonchev–Trinajstić information content (AvgIpc) is 2.54. The number of fused-ring (bicyclic) bond motifs is 1. The van der Waals surface area contributed by atoms with E-state index in [1.54, 1.807) is 0 Å². The summed E-state index contributed by atoms with van der Waals surface area (Å²) < 4.78 is 0. The summed E-state index contributed by atoms with van der Waals surface area (Å²) in [4.78, 5) is 5.20. The van der Waals surface area contributed by atoms with Crippen LogP contribution in [0.4, 0.5) is 5.69 Å². The monoisotopic (exact) mass is 273 g/mol. The van der Waals surface area contributed by atoms with Crippen molar-refractivity contribution in [2.24, 2.45) is 0 Å². The predicted molar refractivity (Wildman–Crippen MR) is 85.3 cm³/mol. The van der Waals surface area contributed by atoms with Gasteiger partial charge in [-0.15, -0.1) is 0 Å². The largest absolute Gasteiger partial charge is 0.383 e. The van der Waals surface area contributed by atoms with Crippen molar-refractivity contribution in [1.82, 2.24) is 9.80 Å². The van der Waals surface area contributed by atoms with Crippen molar-refractivity contribution in [3.63, 3.8) is 0 Å². The van der Waals surface area contributed by atoms with Crippen molar-refractivity contribution in [2.75, 3.05) is 38.5 Å². The summed E-state index contributed by atoms with van der Waals surface area (Å²) in [5, 5.41) is 3.60. The molecular formula is C17H27N3. The summed E-state index contributed by atoms with van der Waals surface area (Å²) in [7, 11) is 2.33. The van der Waals surface area contributed by atoms with E-state index in [2.05, 4.69) is 53.4 Å². The molecule has 1 aromatic rings. The lowest BCUT2D eigenvalue weighted by molar-refractivity contribution is 0.101. The molecular weight excluding hydrogens is 246 g/mol. The molecule has 0 amide bonds. The minimum Gasteiger partial charge on any atom is -0.383 e. The van der Waals surface area contributed by atoms with E-state index < -0.39 is 0 Å². The summed E-state index contributed by atoms with van der Waals surface area (Å²) in [6.07, 6.45) is 3.83. The van der Waals surface area contributed by atoms with Crippen LogP contribution in [0.25, 0.3) is 0 Å². The second-order valence-corrected chi connectivity index (χ2v) is 6.23. The van der Waals surface area contributed by atoms with Crippen LogP contribution in [0, 0.1) is 0 Å². The summed E-state index contributed by atoms with van der Waals surface area (Å²) in [6.45, 7) is 7.09. The standard InChI is InChI=1S/C17H27N3/c1-3-20-10-8-15(9-11-20)19(2)16-12-14-6-4-5-7-17(14)18-13-16/h4-7,15-16,18H,3,8-13H2,1-2H3. The molecule has 1 fully saturated rings. The van der Waals surface area contributed by atoms with E-state index in [0.29, 0.717) is 6.04 Å². The van der Waals surface area contributed by atoms with Crippen molar-refractivity contribution in [1.29, 1.82) is 0 Å². The van der Waals surface area contributed by atoms with Crippen LogP contribution in [0.15, 0.2) is 24.3 Å². The number of nitrogens with one attached hydrogen (secondary N) is 1. The SMILES string of the molecule is CCN1CCC(N(C)C2CNc3ccccc3C2)CC1. The van der Waals surface area contributed by atoms with Crippen molar-refractivity contribution in [3.8, 4) is 0 Å². The molecule has 0 radical (unpaired) electrons. The molecule has 2 aliphatic heterocycles. The zero-order chi connectivity index (χ0) is 13.9. The Morgan fingerprint density at radius 3 is 2.70 bits per heavy atom. The van der Waals surface area contributed by atoms with E-state index in [4.69, 9.17) is 0 Å². The van der Waals surface area contributed by atoms with E-state index in [9.17, 15) is 0 Å². The molecule has 1 aromatic carbocycles. The number of likely N-dealkylation sites (tertiary alicyclic amines) is 1. The normalized spacial score (nSPS) is 24.4. The molecule has 1 N–H and O–H groups in total. The number of anilines is 1. The van der Waals surface area contributed by atoms with Crippen LogP contribution in [-0.4, -0.2) is 55.1 Å². The number of para-hydroxylation sites is 1. The molecule has 0 saturated carbocycles. The molecule has 20 heavy (non-hydrogen) atoms. The molecule has 3 rings (SSSR count). The van der Waals surface area contributed by atoms with E-state index in [1.165, 1.54) is 50.1 Å². The first-order chi connectivity index (χ1) is 9.78. The highest BCUT2D eigenvalue weighted by atomic mass is 15.2. The lowest BCUT2D eigenvalue weighted by Gasteiger charge is -2.42. The molecule has 110 valence electrons. The highest BCUT2D eigenvalue weighted by Crippen LogP contribution is 2.26. The summed E-state index contributed by atoms with van der Waals surface area (Å²) in [5.74, 6) is 0. The van der Waals surface area contributed by atoms with Gasteiger partial charge in [0.2, 0.25) is 0 Å². The first-order valence-corrected chi connectivity index (χ1v) is 8.04. The first kappa shape index (κ1) is 13.9. The van der Waals surface area contributed by atoms with Gasteiger partial charge in [0, 0.05) is 24.3 Å². The van der Waals surface area contributed by atoms with Gasteiger partial charge in [0.25, 0.3) is 0 Å². The van der Waals surface area contributed by atoms with Crippen LogP contribution in [0.1, 0.15) is 25.3 Å². The lowest BCUT2D eigenvalue weighted by atomic mass is 9.95. The third kappa shape index (κ3) is 2.84. The van der Waals surface area contributed by atoms with Crippen LogP contribution in [-0.2, 0) is 6.42 Å². The zero-order valence-corrected chi connectivity index (χ0v) is 12.8. The highest BCUT2D eigenvalue weighted by Gasteiger charge is 2.28. The van der Waals surface area contributed by atoms with E-state index in [1.807, 2.05) is 0 Å². The Hall–Kier alpha value is -1.06. The molecule has 0 aromatic heterocycles. The fraction of sp³-hybridized carbons (Fsp3) is 0.647. The van der Waals surface area contributed by atoms with Gasteiger partial charge >= 0.3 is 0 Å². The molecule has 1 saturated heterocycles. The number of benzene rings is 1. The van der Waals surface area contributed by atoms with Gasteiger partial charge in [0.15, 0.2) is 0 Å². The van der Waals surface area contributed by atoms with Gasteiger partial charge in [-0.3, -0.25) is 4.90 Å². The topological polar surface area (TPSA) is 18.5 Å². The lowest BCUT2D eigenvalue weighted by Crippen LogP contribution is -2.50. The van der Waals surface area contributed by atoms with Gasteiger partial charge in [-0.1, -0.05) is 25.1 Å². The second kappa shape index (κ2) is 6.15. The molecule has 3 heteroatoms. The van der Waals surface area contributed by atoms with E-state index in [0.717, 1.165) is 12.6 Å². The Bertz CT molecular complexity index is 438. The molecule has 0 bridgehead atoms. The van der Waals surface area contributed by atoms with Crippen molar-refractivity contribution >= 4 is 5.69 Å². The number of hydrogen-bond donors (Lipinski definition) is 1. The number of rotatable bonds is 3. The Morgan fingerprint density at radius 1 is 1.20 bits per heavy atom. The van der Waals surface area contributed by atoms with Crippen LogP contribution < -0.4 is 5.32 Å². The molecule has 0 spiro atoms. The van der Waals surface area contributed by atoms with Gasteiger partial charge in [-0.2, -0.15) is 0 Å². The molecule has 0 aliphatic carbocycles. The van der Waals surface area contributed by atoms with Gasteiger partial charge < -0.3 is 10.2 Å².